The number of hydrogen-bond acceptors (Lipinski definition) is 10. The molecule has 2 heterocycles. The quantitative estimate of drug-likeness (QED) is 0.129. The first kappa shape index (κ1) is 31.0. The molecule has 2 aromatic rings. The van der Waals surface area contributed by atoms with Gasteiger partial charge < -0.3 is 25.4 Å². The predicted molar refractivity (Wildman–Crippen MR) is 154 cm³/mol. The number of rotatable bonds is 8. The van der Waals surface area contributed by atoms with Gasteiger partial charge in [0.25, 0.3) is 11.4 Å². The summed E-state index contributed by atoms with van der Waals surface area (Å²) >= 11 is 4.46. The maximum Gasteiger partial charge on any atom is 0.437 e. The van der Waals surface area contributed by atoms with Crippen molar-refractivity contribution in [1.29, 1.82) is 0 Å². The number of nitro groups is 2. The van der Waals surface area contributed by atoms with Gasteiger partial charge in [-0.15, -0.1) is 4.99 Å². The second kappa shape index (κ2) is 13.8. The highest BCUT2D eigenvalue weighted by Gasteiger charge is 2.42. The van der Waals surface area contributed by atoms with Gasteiger partial charge in [0.05, 0.1) is 9.85 Å². The molecule has 2 saturated heterocycles. The molecule has 4 rings (SSSR count). The molecule has 0 unspecified atom stereocenters. The number of hydrogen-bond donors (Lipinski definition) is 3. The molecule has 3 amide bonds. The van der Waals surface area contributed by atoms with Crippen LogP contribution in [0.4, 0.5) is 21.0 Å². The summed E-state index contributed by atoms with van der Waals surface area (Å²) in [6, 6.07) is 10.0. The number of thiol groups is 1. The maximum absolute atomic E-state index is 13.3. The fraction of sp³-hybridized carbons (Fsp3) is 0.385. The van der Waals surface area contributed by atoms with E-state index in [2.05, 4.69) is 22.9 Å². The molecular weight excluding hydrogens is 586 g/mol. The van der Waals surface area contributed by atoms with Crippen molar-refractivity contribution in [2.75, 3.05) is 19.6 Å². The molecule has 3 atom stereocenters. The third-order valence-corrected chi connectivity index (χ3v) is 7.26. The van der Waals surface area contributed by atoms with Crippen LogP contribution in [0, 0.1) is 20.2 Å². The van der Waals surface area contributed by atoms with Gasteiger partial charge in [0.15, 0.2) is 5.96 Å². The Hall–Kier alpha value is -4.93. The lowest BCUT2D eigenvalue weighted by Crippen LogP contribution is -2.48. The number of guanidine groups is 1. The van der Waals surface area contributed by atoms with Crippen LogP contribution in [0.15, 0.2) is 53.5 Å². The van der Waals surface area contributed by atoms with Crippen LogP contribution in [0.25, 0.3) is 0 Å². The van der Waals surface area contributed by atoms with E-state index in [4.69, 9.17) is 15.2 Å². The van der Waals surface area contributed by atoms with E-state index in [0.29, 0.717) is 30.5 Å². The van der Waals surface area contributed by atoms with Crippen molar-refractivity contribution in [3.63, 3.8) is 0 Å². The topological polar surface area (TPSA) is 213 Å². The van der Waals surface area contributed by atoms with Crippen molar-refractivity contribution in [2.45, 2.75) is 43.4 Å². The fourth-order valence-electron chi connectivity index (χ4n) is 4.71. The lowest BCUT2D eigenvalue weighted by atomic mass is 10.2. The zero-order valence-electron chi connectivity index (χ0n) is 22.7. The first-order chi connectivity index (χ1) is 20.5. The van der Waals surface area contributed by atoms with Crippen LogP contribution in [-0.2, 0) is 27.5 Å². The number of carbonyl (C=O) groups excluding carboxylic acids is 3. The summed E-state index contributed by atoms with van der Waals surface area (Å²) in [5.74, 6) is -0.466. The Bertz CT molecular complexity index is 1400. The average molecular weight is 616 g/mol. The predicted octanol–water partition coefficient (Wildman–Crippen LogP) is 2.35. The molecule has 2 aliphatic heterocycles. The molecule has 0 radical (unpaired) electrons. The Morgan fingerprint density at radius 1 is 0.953 bits per heavy atom. The van der Waals surface area contributed by atoms with Crippen LogP contribution in [0.2, 0.25) is 0 Å². The molecule has 43 heavy (non-hydrogen) atoms. The number of carbonyl (C=O) groups is 3. The lowest BCUT2D eigenvalue weighted by molar-refractivity contribution is -0.385. The number of nitrogens with two attached hydrogens (primary N) is 1. The van der Waals surface area contributed by atoms with Crippen molar-refractivity contribution in [3.05, 3.63) is 79.9 Å². The number of amides is 3. The number of non-ortho nitro benzene ring substituents is 2. The molecule has 228 valence electrons. The molecular formula is C26H29N7O9S. The van der Waals surface area contributed by atoms with E-state index in [9.17, 15) is 34.6 Å². The highest BCUT2D eigenvalue weighted by Crippen LogP contribution is 2.26. The Morgan fingerprint density at radius 3 is 2.07 bits per heavy atom. The number of nitro benzene ring substituents is 2. The van der Waals surface area contributed by atoms with Gasteiger partial charge in [0.1, 0.15) is 19.3 Å². The van der Waals surface area contributed by atoms with Crippen molar-refractivity contribution < 1.29 is 33.7 Å². The van der Waals surface area contributed by atoms with Gasteiger partial charge in [-0.25, -0.2) is 9.59 Å². The molecule has 0 aliphatic carbocycles. The standard InChI is InChI=1S/C26H29N7O9S/c27-24(29-25(35)41-14-16-1-5-19(6-2-16)32(37)38)28-18-9-10-30(12-18)23(34)22-11-21(43)13-31(22)26(36)42-15-17-3-7-20(8-4-17)33(39)40/h1-8,18,21-22,43H,9-15H2,(H3,27,28,29,35)/t18-,21-,22-/m0/s1. The summed E-state index contributed by atoms with van der Waals surface area (Å²) in [4.78, 5) is 65.3. The largest absolute Gasteiger partial charge is 0.445 e. The number of ether oxygens (including phenoxy) is 2. The zero-order valence-corrected chi connectivity index (χ0v) is 23.6. The van der Waals surface area contributed by atoms with Gasteiger partial charge in [0, 0.05) is 55.2 Å². The monoisotopic (exact) mass is 615 g/mol. The van der Waals surface area contributed by atoms with Crippen molar-refractivity contribution in [3.8, 4) is 0 Å². The van der Waals surface area contributed by atoms with E-state index in [1.54, 1.807) is 4.90 Å². The second-order valence-corrected chi connectivity index (χ2v) is 10.7. The molecule has 3 N–H and O–H groups in total. The van der Waals surface area contributed by atoms with Gasteiger partial charge >= 0.3 is 12.2 Å². The van der Waals surface area contributed by atoms with E-state index in [1.807, 2.05) is 0 Å². The second-order valence-electron chi connectivity index (χ2n) is 9.93. The SMILES string of the molecule is NC(=NC(=O)OCc1ccc([N+](=O)[O-])cc1)N[C@H]1CCN(C(=O)[C@@H]2C[C@H](S)CN2C(=O)OCc2ccc([N+](=O)[O-])cc2)C1. The van der Waals surface area contributed by atoms with Crippen LogP contribution in [0.1, 0.15) is 24.0 Å². The Labute approximate surface area is 250 Å². The third kappa shape index (κ3) is 8.31. The molecule has 2 fully saturated rings. The minimum absolute atomic E-state index is 0.0794. The van der Waals surface area contributed by atoms with Crippen molar-refractivity contribution in [2.24, 2.45) is 10.7 Å². The van der Waals surface area contributed by atoms with E-state index < -0.39 is 28.1 Å². The zero-order chi connectivity index (χ0) is 31.1. The smallest absolute Gasteiger partial charge is 0.437 e. The highest BCUT2D eigenvalue weighted by molar-refractivity contribution is 7.81. The first-order valence-electron chi connectivity index (χ1n) is 13.1. The van der Waals surface area contributed by atoms with Crippen molar-refractivity contribution in [1.82, 2.24) is 15.1 Å². The minimum atomic E-state index is -0.956. The van der Waals surface area contributed by atoms with Crippen LogP contribution in [0.3, 0.4) is 0 Å². The highest BCUT2D eigenvalue weighted by atomic mass is 32.1. The Kier molecular flexibility index (Phi) is 9.97. The number of aliphatic imine (C=N–C) groups is 1. The molecule has 17 heteroatoms. The molecule has 0 spiro atoms. The van der Waals surface area contributed by atoms with Gasteiger partial charge in [-0.3, -0.25) is 29.9 Å². The van der Waals surface area contributed by atoms with E-state index in [1.165, 1.54) is 53.4 Å². The Morgan fingerprint density at radius 2 is 1.51 bits per heavy atom. The van der Waals surface area contributed by atoms with Crippen LogP contribution < -0.4 is 11.1 Å². The minimum Gasteiger partial charge on any atom is -0.445 e. The molecule has 2 aromatic carbocycles. The summed E-state index contributed by atoms with van der Waals surface area (Å²) in [5, 5.41) is 24.2. The van der Waals surface area contributed by atoms with Gasteiger partial charge in [-0.05, 0) is 48.2 Å². The molecule has 0 bridgehead atoms. The van der Waals surface area contributed by atoms with Crippen LogP contribution in [0.5, 0.6) is 0 Å². The Balaban J connectivity index is 1.25. The maximum atomic E-state index is 13.3. The third-order valence-electron chi connectivity index (χ3n) is 6.88. The number of likely N-dealkylation sites (tertiary alicyclic amines) is 2. The summed E-state index contributed by atoms with van der Waals surface area (Å²) in [7, 11) is 0. The number of nitrogens with one attached hydrogen (secondary N) is 1. The first-order valence-corrected chi connectivity index (χ1v) is 13.7. The van der Waals surface area contributed by atoms with Gasteiger partial charge in [-0.1, -0.05) is 0 Å². The average Bonchev–Trinajstić information content (AvgIpc) is 3.61. The number of nitrogens with zero attached hydrogens (tertiary/aromatic N) is 5. The van der Waals surface area contributed by atoms with E-state index >= 15 is 0 Å². The normalized spacial score (nSPS) is 20.0. The molecule has 16 nitrogen and oxygen atoms in total. The lowest BCUT2D eigenvalue weighted by Gasteiger charge is -2.27. The molecule has 0 saturated carbocycles. The fourth-order valence-corrected chi connectivity index (χ4v) is 5.09. The summed E-state index contributed by atoms with van der Waals surface area (Å²) in [6.07, 6.45) is -0.789. The molecule has 0 aromatic heterocycles. The van der Waals surface area contributed by atoms with Crippen molar-refractivity contribution >= 4 is 48.1 Å². The molecule has 2 aliphatic rings. The van der Waals surface area contributed by atoms with E-state index in [0.717, 1.165) is 0 Å². The van der Waals surface area contributed by atoms with Gasteiger partial charge in [0.2, 0.25) is 5.91 Å². The summed E-state index contributed by atoms with van der Waals surface area (Å²) in [6.45, 7) is 0.589. The summed E-state index contributed by atoms with van der Waals surface area (Å²) < 4.78 is 10.4. The summed E-state index contributed by atoms with van der Waals surface area (Å²) in [5.41, 5.74) is 6.78. The van der Waals surface area contributed by atoms with Gasteiger partial charge in [-0.2, -0.15) is 12.6 Å². The van der Waals surface area contributed by atoms with Crippen LogP contribution >= 0.6 is 12.6 Å². The van der Waals surface area contributed by atoms with Crippen LogP contribution in [-0.4, -0.2) is 80.7 Å². The van der Waals surface area contributed by atoms with E-state index in [-0.39, 0.29) is 60.8 Å². The number of benzene rings is 2.